The summed E-state index contributed by atoms with van der Waals surface area (Å²) in [5.74, 6) is 0. The van der Waals surface area contributed by atoms with Crippen molar-refractivity contribution in [2.75, 3.05) is 0 Å². The van der Waals surface area contributed by atoms with E-state index in [1.165, 1.54) is 55.1 Å². The van der Waals surface area contributed by atoms with Crippen molar-refractivity contribution >= 4 is 27.2 Å². The number of rotatable bonds is 4. The van der Waals surface area contributed by atoms with E-state index in [1.807, 2.05) is 0 Å². The summed E-state index contributed by atoms with van der Waals surface area (Å²) in [4.78, 5) is 11.3. The minimum atomic E-state index is -0.526. The van der Waals surface area contributed by atoms with Crippen LogP contribution >= 0.6 is 0 Å². The van der Waals surface area contributed by atoms with Crippen molar-refractivity contribution in [2.24, 2.45) is 0 Å². The Morgan fingerprint density at radius 3 is 1.98 bits per heavy atom. The molecule has 3 nitrogen and oxygen atoms in total. The Bertz CT molecular complexity index is 2560. The number of hydrogen-bond donors (Lipinski definition) is 0. The van der Waals surface area contributed by atoms with Gasteiger partial charge in [0.1, 0.15) is 0 Å². The van der Waals surface area contributed by atoms with Crippen LogP contribution in [0.3, 0.4) is 0 Å². The topological polar surface area (TPSA) is 30.2 Å². The van der Waals surface area contributed by atoms with E-state index in [4.69, 9.17) is 9.97 Å². The molecular formula is C46H41N3. The molecular weight excluding hydrogens is 595 g/mol. The molecule has 0 saturated carbocycles. The third kappa shape index (κ3) is 4.15. The molecule has 0 radical (unpaired) electrons. The first-order chi connectivity index (χ1) is 23.5. The summed E-state index contributed by atoms with van der Waals surface area (Å²) < 4.78 is 2.58. The largest absolute Gasteiger partial charge is 0.311 e. The van der Waals surface area contributed by atoms with Crippen LogP contribution in [-0.2, 0) is 16.2 Å². The number of para-hydroxylation sites is 1. The highest BCUT2D eigenvalue weighted by Gasteiger charge is 2.43. The van der Waals surface area contributed by atoms with Crippen LogP contribution in [0.2, 0.25) is 0 Å². The predicted octanol–water partition coefficient (Wildman–Crippen LogP) is 11.7. The first-order valence-electron chi connectivity index (χ1n) is 17.4. The van der Waals surface area contributed by atoms with E-state index in [-0.39, 0.29) is 10.8 Å². The summed E-state index contributed by atoms with van der Waals surface area (Å²) in [6, 6.07) is 43.8. The van der Waals surface area contributed by atoms with Crippen LogP contribution in [0.1, 0.15) is 76.7 Å². The lowest BCUT2D eigenvalue weighted by atomic mass is 9.78. The Kier molecular flexibility index (Phi) is 6.16. The van der Waals surface area contributed by atoms with Crippen molar-refractivity contribution in [2.45, 2.75) is 64.7 Å². The Morgan fingerprint density at radius 1 is 0.633 bits per heavy atom. The van der Waals surface area contributed by atoms with Gasteiger partial charge in [-0.15, -0.1) is 0 Å². The lowest BCUT2D eigenvalue weighted by Gasteiger charge is -2.29. The molecule has 4 aromatic heterocycles. The molecule has 0 unspecified atom stereocenters. The Balaban J connectivity index is 1.45. The quantitative estimate of drug-likeness (QED) is 0.193. The van der Waals surface area contributed by atoms with E-state index < -0.39 is 5.41 Å². The van der Waals surface area contributed by atoms with Crippen molar-refractivity contribution < 1.29 is 0 Å². The van der Waals surface area contributed by atoms with Crippen LogP contribution < -0.4 is 0 Å². The van der Waals surface area contributed by atoms with Crippen LogP contribution in [0.4, 0.5) is 0 Å². The second kappa shape index (κ2) is 10.1. The van der Waals surface area contributed by atoms with Gasteiger partial charge in [0, 0.05) is 49.4 Å². The highest BCUT2D eigenvalue weighted by Crippen LogP contribution is 2.57. The summed E-state index contributed by atoms with van der Waals surface area (Å²) >= 11 is 0. The first kappa shape index (κ1) is 29.8. The average Bonchev–Trinajstić information content (AvgIpc) is 3.72. The highest BCUT2D eigenvalue weighted by molar-refractivity contribution is 6.23. The molecule has 1 aliphatic carbocycles. The maximum atomic E-state index is 5.83. The van der Waals surface area contributed by atoms with Gasteiger partial charge in [-0.2, -0.15) is 0 Å². The van der Waals surface area contributed by atoms with E-state index in [2.05, 4.69) is 174 Å². The van der Waals surface area contributed by atoms with Gasteiger partial charge in [-0.3, -0.25) is 9.97 Å². The molecule has 0 fully saturated rings. The fourth-order valence-corrected chi connectivity index (χ4v) is 8.40. The average molecular weight is 636 g/mol. The van der Waals surface area contributed by atoms with E-state index in [0.29, 0.717) is 0 Å². The van der Waals surface area contributed by atoms with Crippen molar-refractivity contribution in [3.8, 4) is 33.6 Å². The minimum Gasteiger partial charge on any atom is -0.311 e. The van der Waals surface area contributed by atoms with Crippen LogP contribution in [0.25, 0.3) is 60.8 Å². The normalized spacial score (nSPS) is 14.2. The molecule has 3 heteroatoms. The first-order valence-corrected chi connectivity index (χ1v) is 17.4. The summed E-state index contributed by atoms with van der Waals surface area (Å²) in [7, 11) is 0. The molecule has 4 heterocycles. The summed E-state index contributed by atoms with van der Waals surface area (Å²) in [6.07, 6.45) is 0. The molecule has 1 aliphatic rings. The fourth-order valence-electron chi connectivity index (χ4n) is 8.40. The third-order valence-corrected chi connectivity index (χ3v) is 11.0. The molecule has 0 amide bonds. The molecule has 240 valence electrons. The van der Waals surface area contributed by atoms with Crippen molar-refractivity contribution in [1.82, 2.24) is 14.4 Å². The molecule has 0 atom stereocenters. The van der Waals surface area contributed by atoms with E-state index in [9.17, 15) is 0 Å². The zero-order valence-electron chi connectivity index (χ0n) is 29.4. The second-order valence-corrected chi connectivity index (χ2v) is 15.9. The van der Waals surface area contributed by atoms with Gasteiger partial charge in [0.2, 0.25) is 0 Å². The number of pyridine rings is 2. The highest BCUT2D eigenvalue weighted by atomic mass is 15.0. The zero-order valence-corrected chi connectivity index (χ0v) is 29.4. The summed E-state index contributed by atoms with van der Waals surface area (Å²) in [6.45, 7) is 16.3. The molecule has 4 aromatic carbocycles. The molecule has 0 saturated heterocycles. The van der Waals surface area contributed by atoms with Gasteiger partial charge >= 0.3 is 0 Å². The van der Waals surface area contributed by atoms with Crippen molar-refractivity contribution in [3.63, 3.8) is 0 Å². The third-order valence-electron chi connectivity index (χ3n) is 11.0. The minimum absolute atomic E-state index is 0.0538. The van der Waals surface area contributed by atoms with Gasteiger partial charge in [-0.1, -0.05) is 138 Å². The van der Waals surface area contributed by atoms with Gasteiger partial charge in [0.15, 0.2) is 0 Å². The zero-order chi connectivity index (χ0) is 33.9. The predicted molar refractivity (Wildman–Crippen MR) is 205 cm³/mol. The summed E-state index contributed by atoms with van der Waals surface area (Å²) in [5, 5.41) is 3.70. The molecule has 9 rings (SSSR count). The monoisotopic (exact) mass is 635 g/mol. The molecule has 8 aromatic rings. The van der Waals surface area contributed by atoms with Gasteiger partial charge in [-0.25, -0.2) is 0 Å². The Labute approximate surface area is 288 Å². The van der Waals surface area contributed by atoms with Crippen LogP contribution in [0.5, 0.6) is 0 Å². The van der Waals surface area contributed by atoms with E-state index >= 15 is 0 Å². The number of nitrogens with zero attached hydrogens (tertiary/aromatic N) is 3. The van der Waals surface area contributed by atoms with Crippen LogP contribution in [0, 0.1) is 0 Å². The van der Waals surface area contributed by atoms with E-state index in [0.717, 1.165) is 33.9 Å². The lowest BCUT2D eigenvalue weighted by molar-refractivity contribution is 0.571. The SMILES string of the molecule is CC(C)(C)c1cc(-c2ccccc2)nc(C(C)(C)c2nc(-c3ccccc3)c3c4c(n5c6ccccc6c2c35)C(C)(C)c2ccccc2-4)c1. The van der Waals surface area contributed by atoms with Gasteiger partial charge in [0.25, 0.3) is 0 Å². The van der Waals surface area contributed by atoms with Gasteiger partial charge in [-0.05, 0) is 54.2 Å². The van der Waals surface area contributed by atoms with Gasteiger partial charge < -0.3 is 4.40 Å². The second-order valence-electron chi connectivity index (χ2n) is 15.9. The summed E-state index contributed by atoms with van der Waals surface area (Å²) in [5.41, 5.74) is 14.7. The standard InChI is InChI=1S/C46H41N3/c1-44(2,3)30-26-34(28-18-10-8-11-19-28)47-36(27-30)46(6,7)42-38-32-23-15-17-25-35(32)49-41(38)39(40(48-42)29-20-12-9-13-21-29)37-31-22-14-16-24-33(31)45(4,5)43(37)49/h8-27H,1-7H3. The number of aromatic nitrogens is 3. The van der Waals surface area contributed by atoms with Crippen molar-refractivity contribution in [3.05, 3.63) is 150 Å². The number of fused-ring (bicyclic) bond motifs is 8. The Morgan fingerprint density at radius 2 is 1.27 bits per heavy atom. The molecule has 0 aliphatic heterocycles. The molecule has 49 heavy (non-hydrogen) atoms. The maximum absolute atomic E-state index is 5.83. The fraction of sp³-hybridized carbons (Fsp3) is 0.217. The lowest BCUT2D eigenvalue weighted by Crippen LogP contribution is -2.25. The number of hydrogen-bond acceptors (Lipinski definition) is 2. The van der Waals surface area contributed by atoms with Crippen LogP contribution in [-0.4, -0.2) is 14.4 Å². The van der Waals surface area contributed by atoms with Crippen molar-refractivity contribution in [1.29, 1.82) is 0 Å². The van der Waals surface area contributed by atoms with Gasteiger partial charge in [0.05, 0.1) is 33.8 Å². The Hall–Kier alpha value is -5.28. The maximum Gasteiger partial charge on any atom is 0.0806 e. The van der Waals surface area contributed by atoms with Crippen LogP contribution in [0.15, 0.2) is 121 Å². The molecule has 0 bridgehead atoms. The molecule has 0 N–H and O–H groups in total. The smallest absolute Gasteiger partial charge is 0.0806 e. The molecule has 0 spiro atoms. The number of benzene rings is 4. The van der Waals surface area contributed by atoms with E-state index in [1.54, 1.807) is 0 Å².